The summed E-state index contributed by atoms with van der Waals surface area (Å²) in [4.78, 5) is 46.4. The summed E-state index contributed by atoms with van der Waals surface area (Å²) in [5.74, 6) is -1.47. The molecule has 1 amide bonds. The van der Waals surface area contributed by atoms with E-state index < -0.39 is 34.2 Å². The molecule has 0 saturated heterocycles. The maximum atomic E-state index is 12.6. The molecule has 2 heterocycles. The minimum absolute atomic E-state index is 0.384. The van der Waals surface area contributed by atoms with Gasteiger partial charge in [-0.2, -0.15) is 0 Å². The lowest BCUT2D eigenvalue weighted by molar-refractivity contribution is -0.385. The van der Waals surface area contributed by atoms with Gasteiger partial charge < -0.3 is 14.9 Å². The van der Waals surface area contributed by atoms with Crippen LogP contribution in [0.2, 0.25) is 0 Å². The van der Waals surface area contributed by atoms with Crippen LogP contribution >= 0.6 is 0 Å². The number of amides is 1. The van der Waals surface area contributed by atoms with Crippen LogP contribution in [0.4, 0.5) is 5.69 Å². The predicted molar refractivity (Wildman–Crippen MR) is 89.8 cm³/mol. The molecule has 0 aliphatic rings. The number of nitrogens with zero attached hydrogens (tertiary/aromatic N) is 3. The highest BCUT2D eigenvalue weighted by Crippen LogP contribution is 2.17. The fourth-order valence-electron chi connectivity index (χ4n) is 2.82. The summed E-state index contributed by atoms with van der Waals surface area (Å²) < 4.78 is 2.79. The normalized spacial score (nSPS) is 10.7. The van der Waals surface area contributed by atoms with Crippen LogP contribution in [0, 0.1) is 24.0 Å². The van der Waals surface area contributed by atoms with E-state index >= 15 is 0 Å². The molecule has 2 N–H and O–H groups in total. The third-order valence-electron chi connectivity index (χ3n) is 4.05. The summed E-state index contributed by atoms with van der Waals surface area (Å²) >= 11 is 0. The minimum Gasteiger partial charge on any atom is -0.365 e. The molecule has 0 unspecified atom stereocenters. The third kappa shape index (κ3) is 3.35. The van der Waals surface area contributed by atoms with Crippen LogP contribution in [0.25, 0.3) is 0 Å². The van der Waals surface area contributed by atoms with Gasteiger partial charge in [0.1, 0.15) is 5.56 Å². The van der Waals surface area contributed by atoms with Crippen molar-refractivity contribution >= 4 is 17.4 Å². The van der Waals surface area contributed by atoms with Crippen molar-refractivity contribution in [2.24, 2.45) is 5.73 Å². The van der Waals surface area contributed by atoms with Gasteiger partial charge in [-0.05, 0) is 26.8 Å². The highest BCUT2D eigenvalue weighted by molar-refractivity contribution is 5.97. The third-order valence-corrected chi connectivity index (χ3v) is 4.05. The number of primary amides is 1. The number of pyridine rings is 1. The Morgan fingerprint density at radius 3 is 2.36 bits per heavy atom. The van der Waals surface area contributed by atoms with Crippen molar-refractivity contribution in [3.63, 3.8) is 0 Å². The predicted octanol–water partition coefficient (Wildman–Crippen LogP) is 1.18. The Morgan fingerprint density at radius 2 is 1.88 bits per heavy atom. The SMILES string of the molecule is CCn1c(C)cc(C(=O)Cn2cc([N+](=O)[O-])cc(C(N)=O)c2=O)c1C. The van der Waals surface area contributed by atoms with Gasteiger partial charge >= 0.3 is 0 Å². The molecule has 2 rings (SSSR count). The number of hydrogen-bond donors (Lipinski definition) is 1. The number of ketones is 1. The zero-order valence-corrected chi connectivity index (χ0v) is 14.1. The minimum atomic E-state index is -1.08. The molecule has 0 spiro atoms. The maximum absolute atomic E-state index is 12.6. The average molecular weight is 346 g/mol. The van der Waals surface area contributed by atoms with Crippen LogP contribution in [-0.2, 0) is 13.1 Å². The van der Waals surface area contributed by atoms with E-state index in [-0.39, 0.29) is 5.78 Å². The Morgan fingerprint density at radius 1 is 1.24 bits per heavy atom. The number of hydrogen-bond acceptors (Lipinski definition) is 5. The molecule has 0 aromatic carbocycles. The summed E-state index contributed by atoms with van der Waals surface area (Å²) in [5.41, 5.74) is 5.32. The van der Waals surface area contributed by atoms with E-state index in [0.29, 0.717) is 12.1 Å². The lowest BCUT2D eigenvalue weighted by Gasteiger charge is -2.08. The van der Waals surface area contributed by atoms with Crippen molar-refractivity contribution in [3.05, 3.63) is 61.3 Å². The first kappa shape index (κ1) is 18.1. The number of carbonyl (C=O) groups excluding carboxylic acids is 2. The Bertz CT molecular complexity index is 939. The molecule has 0 aliphatic heterocycles. The fourth-order valence-corrected chi connectivity index (χ4v) is 2.82. The first-order valence-corrected chi connectivity index (χ1v) is 7.56. The summed E-state index contributed by atoms with van der Waals surface area (Å²) in [6, 6.07) is 2.52. The largest absolute Gasteiger partial charge is 0.365 e. The Kier molecular flexibility index (Phi) is 4.87. The number of nitrogens with two attached hydrogens (primary N) is 1. The molecule has 0 aliphatic carbocycles. The Balaban J connectivity index is 2.50. The summed E-state index contributed by atoms with van der Waals surface area (Å²) in [5, 5.41) is 11.0. The average Bonchev–Trinajstić information content (AvgIpc) is 2.82. The lowest BCUT2D eigenvalue weighted by atomic mass is 10.1. The van der Waals surface area contributed by atoms with E-state index in [4.69, 9.17) is 5.73 Å². The van der Waals surface area contributed by atoms with E-state index in [1.165, 1.54) is 0 Å². The maximum Gasteiger partial charge on any atom is 0.286 e. The fraction of sp³-hybridized carbons (Fsp3) is 0.312. The molecule has 2 aromatic heterocycles. The van der Waals surface area contributed by atoms with Gasteiger partial charge in [0.25, 0.3) is 17.2 Å². The van der Waals surface area contributed by atoms with Gasteiger partial charge in [-0.3, -0.25) is 24.5 Å². The molecule has 132 valence electrons. The van der Waals surface area contributed by atoms with Crippen molar-refractivity contribution < 1.29 is 14.5 Å². The Labute approximate surface area is 142 Å². The van der Waals surface area contributed by atoms with Crippen LogP contribution in [0.15, 0.2) is 23.1 Å². The van der Waals surface area contributed by atoms with Crippen LogP contribution in [0.1, 0.15) is 39.0 Å². The van der Waals surface area contributed by atoms with Crippen LogP contribution < -0.4 is 11.3 Å². The van der Waals surface area contributed by atoms with Gasteiger partial charge in [0.2, 0.25) is 0 Å². The molecule has 0 fully saturated rings. The molecule has 9 heteroatoms. The smallest absolute Gasteiger partial charge is 0.286 e. The van der Waals surface area contributed by atoms with Gasteiger partial charge in [-0.15, -0.1) is 0 Å². The second kappa shape index (κ2) is 6.71. The molecule has 9 nitrogen and oxygen atoms in total. The summed E-state index contributed by atoms with van der Waals surface area (Å²) in [6.07, 6.45) is 0.936. The van der Waals surface area contributed by atoms with Gasteiger partial charge in [0, 0.05) is 29.6 Å². The molecular formula is C16H18N4O5. The number of rotatable bonds is 6. The van der Waals surface area contributed by atoms with Crippen LogP contribution in [0.3, 0.4) is 0 Å². The van der Waals surface area contributed by atoms with Crippen LogP contribution in [0.5, 0.6) is 0 Å². The van der Waals surface area contributed by atoms with Crippen molar-refractivity contribution in [2.75, 3.05) is 0 Å². The second-order valence-corrected chi connectivity index (χ2v) is 5.62. The Hall–Kier alpha value is -3.23. The first-order chi connectivity index (χ1) is 11.7. The van der Waals surface area contributed by atoms with E-state index in [0.717, 1.165) is 28.2 Å². The summed E-state index contributed by atoms with van der Waals surface area (Å²) in [6.45, 7) is 5.85. The number of nitro groups is 1. The monoisotopic (exact) mass is 346 g/mol. The number of aryl methyl sites for hydroxylation is 1. The zero-order chi connectivity index (χ0) is 18.9. The van der Waals surface area contributed by atoms with Gasteiger partial charge in [0.15, 0.2) is 5.78 Å². The number of Topliss-reactive ketones (excluding diaryl/α,β-unsaturated/α-hetero) is 1. The number of aromatic nitrogens is 2. The first-order valence-electron chi connectivity index (χ1n) is 7.56. The van der Waals surface area contributed by atoms with Gasteiger partial charge in [-0.25, -0.2) is 0 Å². The number of carbonyl (C=O) groups is 2. The standard InChI is InChI=1S/C16H18N4O5/c1-4-19-9(2)5-12(10(19)3)14(21)8-18-7-11(20(24)25)6-13(15(17)22)16(18)23/h5-7H,4,8H2,1-3H3,(H2,17,22). The highest BCUT2D eigenvalue weighted by Gasteiger charge is 2.21. The van der Waals surface area contributed by atoms with Crippen molar-refractivity contribution in [3.8, 4) is 0 Å². The zero-order valence-electron chi connectivity index (χ0n) is 14.1. The second-order valence-electron chi connectivity index (χ2n) is 5.62. The van der Waals surface area contributed by atoms with Crippen molar-refractivity contribution in [1.29, 1.82) is 0 Å². The molecule has 25 heavy (non-hydrogen) atoms. The summed E-state index contributed by atoms with van der Waals surface area (Å²) in [7, 11) is 0. The van der Waals surface area contributed by atoms with Gasteiger partial charge in [-0.1, -0.05) is 0 Å². The van der Waals surface area contributed by atoms with E-state index in [1.807, 2.05) is 18.4 Å². The van der Waals surface area contributed by atoms with Crippen molar-refractivity contribution in [1.82, 2.24) is 9.13 Å². The molecule has 2 aromatic rings. The van der Waals surface area contributed by atoms with Gasteiger partial charge in [0.05, 0.1) is 17.7 Å². The molecule has 0 bridgehead atoms. The molecular weight excluding hydrogens is 328 g/mol. The van der Waals surface area contributed by atoms with E-state index in [9.17, 15) is 24.5 Å². The van der Waals surface area contributed by atoms with E-state index in [1.54, 1.807) is 13.0 Å². The molecule has 0 atom stereocenters. The highest BCUT2D eigenvalue weighted by atomic mass is 16.6. The molecule has 0 radical (unpaired) electrons. The van der Waals surface area contributed by atoms with Crippen LogP contribution in [-0.4, -0.2) is 25.7 Å². The topological polar surface area (TPSA) is 130 Å². The quantitative estimate of drug-likeness (QED) is 0.477. The van der Waals surface area contributed by atoms with E-state index in [2.05, 4.69) is 0 Å². The van der Waals surface area contributed by atoms with Crippen molar-refractivity contribution in [2.45, 2.75) is 33.9 Å². The lowest BCUT2D eigenvalue weighted by Crippen LogP contribution is -2.31. The molecule has 0 saturated carbocycles.